The summed E-state index contributed by atoms with van der Waals surface area (Å²) in [4.78, 5) is 4.75. The highest BCUT2D eigenvalue weighted by atomic mass is 15.1. The standard InChI is InChI=1S/C15H25N3/c1-18-14(12-5-3-2-4-6-12)11-17-15(18)13-7-9-16-10-8-13/h11-13,16H,2-10H2,1H3. The number of nitrogens with one attached hydrogen (secondary N) is 1. The van der Waals surface area contributed by atoms with Crippen LogP contribution in [0.25, 0.3) is 0 Å². The van der Waals surface area contributed by atoms with Crippen LogP contribution in [0.15, 0.2) is 6.20 Å². The maximum Gasteiger partial charge on any atom is 0.111 e. The van der Waals surface area contributed by atoms with Gasteiger partial charge in [0.15, 0.2) is 0 Å². The fourth-order valence-electron chi connectivity index (χ4n) is 3.67. The van der Waals surface area contributed by atoms with Crippen LogP contribution < -0.4 is 5.32 Å². The van der Waals surface area contributed by atoms with Crippen molar-refractivity contribution in [3.8, 4) is 0 Å². The zero-order valence-corrected chi connectivity index (χ0v) is 11.5. The van der Waals surface area contributed by atoms with Gasteiger partial charge in [0, 0.05) is 30.8 Å². The molecule has 0 radical (unpaired) electrons. The average molecular weight is 247 g/mol. The number of aromatic nitrogens is 2. The Bertz CT molecular complexity index is 349. The molecule has 1 aliphatic carbocycles. The summed E-state index contributed by atoms with van der Waals surface area (Å²) < 4.78 is 2.41. The molecule has 1 aromatic heterocycles. The minimum absolute atomic E-state index is 0.675. The Morgan fingerprint density at radius 3 is 2.50 bits per heavy atom. The zero-order chi connectivity index (χ0) is 12.4. The van der Waals surface area contributed by atoms with E-state index < -0.39 is 0 Å². The third-order valence-corrected chi connectivity index (χ3v) is 4.79. The normalized spacial score (nSPS) is 23.4. The first-order chi connectivity index (χ1) is 8.86. The van der Waals surface area contributed by atoms with Gasteiger partial charge in [0.2, 0.25) is 0 Å². The lowest BCUT2D eigenvalue weighted by Crippen LogP contribution is -2.28. The van der Waals surface area contributed by atoms with E-state index in [0.717, 1.165) is 19.0 Å². The number of nitrogens with zero attached hydrogens (tertiary/aromatic N) is 2. The Morgan fingerprint density at radius 2 is 1.78 bits per heavy atom. The van der Waals surface area contributed by atoms with Crippen LogP contribution in [-0.4, -0.2) is 22.6 Å². The van der Waals surface area contributed by atoms with Gasteiger partial charge < -0.3 is 9.88 Å². The van der Waals surface area contributed by atoms with Crippen LogP contribution in [0.2, 0.25) is 0 Å². The third-order valence-electron chi connectivity index (χ3n) is 4.79. The Labute approximate surface area is 110 Å². The molecule has 0 amide bonds. The SMILES string of the molecule is Cn1c(C2CCCCC2)cnc1C1CCNCC1. The summed E-state index contributed by atoms with van der Waals surface area (Å²) in [5, 5.41) is 3.44. The molecule has 0 aromatic carbocycles. The van der Waals surface area contributed by atoms with Gasteiger partial charge in [-0.2, -0.15) is 0 Å². The molecule has 1 aliphatic heterocycles. The van der Waals surface area contributed by atoms with E-state index in [1.807, 2.05) is 0 Å². The highest BCUT2D eigenvalue weighted by Gasteiger charge is 2.24. The minimum atomic E-state index is 0.675. The Hall–Kier alpha value is -0.830. The summed E-state index contributed by atoms with van der Waals surface area (Å²) in [6, 6.07) is 0. The van der Waals surface area contributed by atoms with Gasteiger partial charge in [-0.1, -0.05) is 19.3 Å². The summed E-state index contributed by atoms with van der Waals surface area (Å²) in [7, 11) is 2.23. The molecule has 1 N–H and O–H groups in total. The van der Waals surface area contributed by atoms with Gasteiger partial charge in [-0.25, -0.2) is 4.98 Å². The lowest BCUT2D eigenvalue weighted by atomic mass is 9.87. The van der Waals surface area contributed by atoms with E-state index in [2.05, 4.69) is 23.1 Å². The molecule has 0 unspecified atom stereocenters. The molecular weight excluding hydrogens is 222 g/mol. The van der Waals surface area contributed by atoms with Crippen molar-refractivity contribution in [1.82, 2.24) is 14.9 Å². The molecule has 3 heteroatoms. The second-order valence-electron chi connectivity index (χ2n) is 5.96. The van der Waals surface area contributed by atoms with Gasteiger partial charge in [-0.05, 0) is 38.8 Å². The van der Waals surface area contributed by atoms with Gasteiger partial charge in [0.05, 0.1) is 0 Å². The Kier molecular flexibility index (Phi) is 3.69. The molecule has 1 aromatic rings. The van der Waals surface area contributed by atoms with Crippen molar-refractivity contribution < 1.29 is 0 Å². The monoisotopic (exact) mass is 247 g/mol. The highest BCUT2D eigenvalue weighted by molar-refractivity contribution is 5.14. The van der Waals surface area contributed by atoms with Crippen LogP contribution in [-0.2, 0) is 7.05 Å². The first kappa shape index (κ1) is 12.2. The van der Waals surface area contributed by atoms with Crippen LogP contribution in [0.4, 0.5) is 0 Å². The molecule has 2 fully saturated rings. The van der Waals surface area contributed by atoms with Crippen molar-refractivity contribution in [2.75, 3.05) is 13.1 Å². The number of hydrogen-bond donors (Lipinski definition) is 1. The van der Waals surface area contributed by atoms with Gasteiger partial charge in [0.25, 0.3) is 0 Å². The summed E-state index contributed by atoms with van der Waals surface area (Å²) in [6.07, 6.45) is 11.6. The molecule has 0 atom stereocenters. The van der Waals surface area contributed by atoms with E-state index >= 15 is 0 Å². The third kappa shape index (κ3) is 2.33. The largest absolute Gasteiger partial charge is 0.335 e. The van der Waals surface area contributed by atoms with Gasteiger partial charge in [-0.3, -0.25) is 0 Å². The Balaban J connectivity index is 1.78. The zero-order valence-electron chi connectivity index (χ0n) is 11.5. The smallest absolute Gasteiger partial charge is 0.111 e. The predicted molar refractivity (Wildman–Crippen MR) is 73.9 cm³/mol. The second-order valence-corrected chi connectivity index (χ2v) is 5.96. The number of imidazole rings is 1. The fraction of sp³-hybridized carbons (Fsp3) is 0.800. The number of rotatable bonds is 2. The molecule has 2 heterocycles. The summed E-state index contributed by atoms with van der Waals surface area (Å²) in [6.45, 7) is 2.30. The first-order valence-electron chi connectivity index (χ1n) is 7.58. The minimum Gasteiger partial charge on any atom is -0.335 e. The van der Waals surface area contributed by atoms with E-state index in [-0.39, 0.29) is 0 Å². The maximum atomic E-state index is 4.75. The molecule has 100 valence electrons. The maximum absolute atomic E-state index is 4.75. The topological polar surface area (TPSA) is 29.9 Å². The number of piperidine rings is 1. The Morgan fingerprint density at radius 1 is 1.06 bits per heavy atom. The van der Waals surface area contributed by atoms with Crippen LogP contribution in [0.3, 0.4) is 0 Å². The van der Waals surface area contributed by atoms with E-state index in [0.29, 0.717) is 5.92 Å². The molecular formula is C15H25N3. The molecule has 18 heavy (non-hydrogen) atoms. The summed E-state index contributed by atoms with van der Waals surface area (Å²) in [5.41, 5.74) is 1.49. The molecule has 2 aliphatic rings. The lowest BCUT2D eigenvalue weighted by molar-refractivity contribution is 0.414. The van der Waals surface area contributed by atoms with E-state index in [9.17, 15) is 0 Å². The van der Waals surface area contributed by atoms with Crippen molar-refractivity contribution in [2.24, 2.45) is 7.05 Å². The van der Waals surface area contributed by atoms with Crippen LogP contribution in [0.5, 0.6) is 0 Å². The van der Waals surface area contributed by atoms with Crippen molar-refractivity contribution in [3.63, 3.8) is 0 Å². The first-order valence-corrected chi connectivity index (χ1v) is 7.58. The summed E-state index contributed by atoms with van der Waals surface area (Å²) >= 11 is 0. The molecule has 1 saturated heterocycles. The van der Waals surface area contributed by atoms with Crippen LogP contribution >= 0.6 is 0 Å². The van der Waals surface area contributed by atoms with E-state index in [1.54, 1.807) is 0 Å². The van der Waals surface area contributed by atoms with Crippen molar-refractivity contribution >= 4 is 0 Å². The van der Waals surface area contributed by atoms with E-state index in [1.165, 1.54) is 56.5 Å². The van der Waals surface area contributed by atoms with Gasteiger partial charge in [-0.15, -0.1) is 0 Å². The van der Waals surface area contributed by atoms with E-state index in [4.69, 9.17) is 4.98 Å². The van der Waals surface area contributed by atoms with Gasteiger partial charge in [0.1, 0.15) is 5.82 Å². The molecule has 3 nitrogen and oxygen atoms in total. The molecule has 1 saturated carbocycles. The highest BCUT2D eigenvalue weighted by Crippen LogP contribution is 2.34. The lowest BCUT2D eigenvalue weighted by Gasteiger charge is -2.25. The molecule has 0 bridgehead atoms. The number of hydrogen-bond acceptors (Lipinski definition) is 2. The molecule has 0 spiro atoms. The van der Waals surface area contributed by atoms with Gasteiger partial charge >= 0.3 is 0 Å². The van der Waals surface area contributed by atoms with Crippen molar-refractivity contribution in [3.05, 3.63) is 17.7 Å². The van der Waals surface area contributed by atoms with Crippen molar-refractivity contribution in [1.29, 1.82) is 0 Å². The molecule has 3 rings (SSSR count). The second kappa shape index (κ2) is 5.43. The summed E-state index contributed by atoms with van der Waals surface area (Å²) in [5.74, 6) is 2.78. The van der Waals surface area contributed by atoms with Crippen molar-refractivity contribution in [2.45, 2.75) is 56.8 Å². The average Bonchev–Trinajstić information content (AvgIpc) is 2.83. The van der Waals surface area contributed by atoms with Crippen LogP contribution in [0.1, 0.15) is 68.3 Å². The quantitative estimate of drug-likeness (QED) is 0.871. The van der Waals surface area contributed by atoms with Crippen LogP contribution in [0, 0.1) is 0 Å². The fourth-order valence-corrected chi connectivity index (χ4v) is 3.67. The predicted octanol–water partition coefficient (Wildman–Crippen LogP) is 2.93.